The predicted molar refractivity (Wildman–Crippen MR) is 171 cm³/mol. The van der Waals surface area contributed by atoms with E-state index in [4.69, 9.17) is 22.6 Å². The monoisotopic (exact) mass is 620 g/mol. The lowest BCUT2D eigenvalue weighted by Crippen LogP contribution is -2.60. The highest BCUT2D eigenvalue weighted by molar-refractivity contribution is 6.01. The van der Waals surface area contributed by atoms with Crippen molar-refractivity contribution in [1.29, 1.82) is 5.41 Å². The molecule has 0 spiro atoms. The van der Waals surface area contributed by atoms with Gasteiger partial charge in [-0.25, -0.2) is 4.79 Å². The van der Waals surface area contributed by atoms with Gasteiger partial charge in [-0.3, -0.25) is 24.8 Å². The molecule has 2 aromatic rings. The number of carboxylic acid groups (broad SMARTS) is 1. The third-order valence-electron chi connectivity index (χ3n) is 7.98. The standard InChI is InChI=1S/C32H44N8O5/c1-20(41)40(27(31(44)45)12-7-17-37-32(35)36)26-11-6-5-10-25(26)39-30(43)24(18-21-13-15-23(16-14-21)28(33)34)29(42)38-19-22-8-3-2-4-9-22/h2-4,8-9,13-16,24-27H,5-7,10-12,17-19H2,1H3,(H3,33,34)(H,38,42)(H,39,43)(H,44,45)(H4,35,36,37)/t24?,25-,26?,27-/m0/s1. The molecule has 45 heavy (non-hydrogen) atoms. The summed E-state index contributed by atoms with van der Waals surface area (Å²) in [6.45, 7) is 1.77. The van der Waals surface area contributed by atoms with Crippen molar-refractivity contribution in [3.05, 3.63) is 71.3 Å². The van der Waals surface area contributed by atoms with Crippen LogP contribution in [0.1, 0.15) is 62.1 Å². The van der Waals surface area contributed by atoms with Gasteiger partial charge in [0.05, 0.1) is 6.04 Å². The van der Waals surface area contributed by atoms with Crippen LogP contribution >= 0.6 is 0 Å². The van der Waals surface area contributed by atoms with Gasteiger partial charge in [-0.05, 0) is 43.2 Å². The molecule has 0 radical (unpaired) electrons. The SMILES string of the molecule is CC(=O)N(C1CCCC[C@@H]1NC(=O)C(Cc1ccc(C(=N)N)cc1)C(=O)NCc1ccccc1)[C@@H](CCCN=C(N)N)C(=O)O. The van der Waals surface area contributed by atoms with Crippen molar-refractivity contribution in [2.24, 2.45) is 28.1 Å². The molecule has 1 fully saturated rings. The molecule has 3 rings (SSSR count). The maximum Gasteiger partial charge on any atom is 0.326 e. The van der Waals surface area contributed by atoms with Crippen LogP contribution in [0.15, 0.2) is 59.6 Å². The van der Waals surface area contributed by atoms with E-state index in [9.17, 15) is 24.3 Å². The Labute approximate surface area is 263 Å². The smallest absolute Gasteiger partial charge is 0.326 e. The number of nitrogens with one attached hydrogen (secondary N) is 3. The molecule has 4 atom stereocenters. The first-order chi connectivity index (χ1) is 21.5. The molecule has 1 aliphatic carbocycles. The number of carbonyl (C=O) groups excluding carboxylic acids is 3. The Hall–Kier alpha value is -4.94. The zero-order valence-electron chi connectivity index (χ0n) is 25.6. The fourth-order valence-electron chi connectivity index (χ4n) is 5.72. The molecular formula is C32H44N8O5. The number of guanidine groups is 1. The van der Waals surface area contributed by atoms with Gasteiger partial charge in [0.2, 0.25) is 17.7 Å². The molecule has 0 heterocycles. The lowest BCUT2D eigenvalue weighted by molar-refractivity contribution is -0.153. The number of rotatable bonds is 15. The molecule has 0 saturated heterocycles. The molecule has 13 nitrogen and oxygen atoms in total. The normalized spacial score (nSPS) is 17.3. The molecule has 0 bridgehead atoms. The molecule has 0 aliphatic heterocycles. The van der Waals surface area contributed by atoms with E-state index >= 15 is 0 Å². The van der Waals surface area contributed by atoms with Gasteiger partial charge >= 0.3 is 5.97 Å². The van der Waals surface area contributed by atoms with E-state index in [1.165, 1.54) is 11.8 Å². The molecular weight excluding hydrogens is 576 g/mol. The largest absolute Gasteiger partial charge is 0.480 e. The average Bonchev–Trinajstić information content (AvgIpc) is 3.01. The van der Waals surface area contributed by atoms with E-state index in [1.807, 2.05) is 30.3 Å². The summed E-state index contributed by atoms with van der Waals surface area (Å²) in [5.41, 5.74) is 18.4. The summed E-state index contributed by atoms with van der Waals surface area (Å²) >= 11 is 0. The minimum Gasteiger partial charge on any atom is -0.480 e. The first kappa shape index (κ1) is 34.5. The minimum absolute atomic E-state index is 0.0843. The van der Waals surface area contributed by atoms with Crippen molar-refractivity contribution in [2.75, 3.05) is 6.54 Å². The molecule has 2 aromatic carbocycles. The van der Waals surface area contributed by atoms with Crippen molar-refractivity contribution < 1.29 is 24.3 Å². The third-order valence-corrected chi connectivity index (χ3v) is 7.98. The number of aliphatic imine (C=N–C) groups is 1. The number of hydrogen-bond acceptors (Lipinski definition) is 6. The molecule has 1 saturated carbocycles. The number of amides is 3. The summed E-state index contributed by atoms with van der Waals surface area (Å²) in [5, 5.41) is 23.6. The topological polar surface area (TPSA) is 230 Å². The summed E-state index contributed by atoms with van der Waals surface area (Å²) in [7, 11) is 0. The van der Waals surface area contributed by atoms with Gasteiger partial charge in [-0.2, -0.15) is 0 Å². The second-order valence-corrected chi connectivity index (χ2v) is 11.3. The minimum atomic E-state index is -1.15. The Bertz CT molecular complexity index is 1360. The Morgan fingerprint density at radius 3 is 2.24 bits per heavy atom. The van der Waals surface area contributed by atoms with Crippen molar-refractivity contribution in [3.63, 3.8) is 0 Å². The number of benzene rings is 2. The van der Waals surface area contributed by atoms with Crippen molar-refractivity contribution in [1.82, 2.24) is 15.5 Å². The number of hydrogen-bond donors (Lipinski definition) is 7. The average molecular weight is 621 g/mol. The fourth-order valence-corrected chi connectivity index (χ4v) is 5.72. The first-order valence-electron chi connectivity index (χ1n) is 15.1. The van der Waals surface area contributed by atoms with Crippen molar-refractivity contribution >= 4 is 35.5 Å². The maximum absolute atomic E-state index is 13.9. The summed E-state index contributed by atoms with van der Waals surface area (Å²) < 4.78 is 0. The van der Waals surface area contributed by atoms with Gasteiger partial charge in [-0.15, -0.1) is 0 Å². The Balaban J connectivity index is 1.84. The lowest BCUT2D eigenvalue weighted by atomic mass is 9.86. The Morgan fingerprint density at radius 2 is 1.64 bits per heavy atom. The van der Waals surface area contributed by atoms with Crippen molar-refractivity contribution in [3.8, 4) is 0 Å². The highest BCUT2D eigenvalue weighted by Crippen LogP contribution is 2.27. The van der Waals surface area contributed by atoms with Gasteiger partial charge in [-0.1, -0.05) is 67.4 Å². The molecule has 2 unspecified atom stereocenters. The van der Waals surface area contributed by atoms with Crippen molar-refractivity contribution in [2.45, 2.75) is 76.5 Å². The summed E-state index contributed by atoms with van der Waals surface area (Å²) in [6, 6.07) is 13.8. The van der Waals surface area contributed by atoms with E-state index in [0.29, 0.717) is 30.4 Å². The lowest BCUT2D eigenvalue weighted by Gasteiger charge is -2.43. The number of carbonyl (C=O) groups is 4. The first-order valence-corrected chi connectivity index (χ1v) is 15.1. The van der Waals surface area contributed by atoms with Crippen LogP contribution < -0.4 is 27.8 Å². The molecule has 1 aliphatic rings. The van der Waals surface area contributed by atoms with E-state index in [2.05, 4.69) is 15.6 Å². The van der Waals surface area contributed by atoms with Crippen LogP contribution in [0.4, 0.5) is 0 Å². The van der Waals surface area contributed by atoms with E-state index < -0.39 is 47.7 Å². The zero-order chi connectivity index (χ0) is 32.9. The molecule has 10 N–H and O–H groups in total. The molecule has 3 amide bonds. The molecule has 242 valence electrons. The van der Waals surface area contributed by atoms with Crippen LogP contribution in [-0.2, 0) is 32.1 Å². The van der Waals surface area contributed by atoms with Gasteiger partial charge in [0.25, 0.3) is 0 Å². The van der Waals surface area contributed by atoms with Crippen LogP contribution in [0.3, 0.4) is 0 Å². The van der Waals surface area contributed by atoms with E-state index in [1.54, 1.807) is 24.3 Å². The Kier molecular flexibility index (Phi) is 12.9. The number of nitrogen functional groups attached to an aromatic ring is 1. The fraction of sp³-hybridized carbons (Fsp3) is 0.438. The highest BCUT2D eigenvalue weighted by atomic mass is 16.4. The van der Waals surface area contributed by atoms with Crippen LogP contribution in [0.25, 0.3) is 0 Å². The second-order valence-electron chi connectivity index (χ2n) is 11.3. The quantitative estimate of drug-likeness (QED) is 0.0661. The van der Waals surface area contributed by atoms with Crippen LogP contribution in [0.5, 0.6) is 0 Å². The number of aliphatic carboxylic acids is 1. The second kappa shape index (κ2) is 16.8. The summed E-state index contributed by atoms with van der Waals surface area (Å²) in [5.74, 6) is -3.86. The van der Waals surface area contributed by atoms with Gasteiger partial charge in [0, 0.05) is 31.6 Å². The van der Waals surface area contributed by atoms with Crippen LogP contribution in [0.2, 0.25) is 0 Å². The van der Waals surface area contributed by atoms with Crippen LogP contribution in [-0.4, -0.2) is 70.2 Å². The van der Waals surface area contributed by atoms with E-state index in [0.717, 1.165) is 18.4 Å². The van der Waals surface area contributed by atoms with Gasteiger partial charge < -0.3 is 37.8 Å². The summed E-state index contributed by atoms with van der Waals surface area (Å²) in [6.07, 6.45) is 3.10. The number of carboxylic acids is 1. The number of amidine groups is 1. The highest BCUT2D eigenvalue weighted by Gasteiger charge is 2.40. The predicted octanol–water partition coefficient (Wildman–Crippen LogP) is 1.23. The van der Waals surface area contributed by atoms with E-state index in [-0.39, 0.29) is 37.7 Å². The zero-order valence-corrected chi connectivity index (χ0v) is 25.6. The number of nitrogens with zero attached hydrogens (tertiary/aromatic N) is 2. The summed E-state index contributed by atoms with van der Waals surface area (Å²) in [4.78, 5) is 57.9. The number of nitrogens with two attached hydrogens (primary N) is 3. The Morgan fingerprint density at radius 1 is 0.978 bits per heavy atom. The maximum atomic E-state index is 13.9. The van der Waals surface area contributed by atoms with Crippen LogP contribution in [0, 0.1) is 11.3 Å². The third kappa shape index (κ3) is 10.3. The molecule has 13 heteroatoms. The van der Waals surface area contributed by atoms with Gasteiger partial charge in [0.1, 0.15) is 17.8 Å². The van der Waals surface area contributed by atoms with Gasteiger partial charge in [0.15, 0.2) is 5.96 Å². The molecule has 0 aromatic heterocycles.